The van der Waals surface area contributed by atoms with Gasteiger partial charge < -0.3 is 9.47 Å². The van der Waals surface area contributed by atoms with E-state index in [4.69, 9.17) is 9.47 Å². The molecule has 90 valence electrons. The molecule has 0 aliphatic carbocycles. The number of carbonyl (C=O) groups excluding carboxylic acids is 1. The van der Waals surface area contributed by atoms with E-state index in [0.29, 0.717) is 12.0 Å². The summed E-state index contributed by atoms with van der Waals surface area (Å²) in [5, 5.41) is 0. The first kappa shape index (κ1) is 11.9. The quantitative estimate of drug-likeness (QED) is 0.593. The van der Waals surface area contributed by atoms with E-state index in [-0.39, 0.29) is 11.6 Å². The van der Waals surface area contributed by atoms with Gasteiger partial charge in [-0.15, -0.1) is 6.58 Å². The minimum atomic E-state index is -0.467. The van der Waals surface area contributed by atoms with Gasteiger partial charge in [-0.2, -0.15) is 0 Å². The van der Waals surface area contributed by atoms with Crippen LogP contribution in [0.5, 0.6) is 0 Å². The molecule has 0 radical (unpaired) electrons. The highest BCUT2D eigenvalue weighted by atomic mass is 16.7. The topological polar surface area (TPSA) is 35.5 Å². The van der Waals surface area contributed by atoms with Gasteiger partial charge in [-0.25, -0.2) is 4.79 Å². The molecule has 0 aromatic heterocycles. The molecule has 0 N–H and O–H groups in total. The maximum Gasteiger partial charge on any atom is 0.340 e. The van der Waals surface area contributed by atoms with E-state index < -0.39 is 6.29 Å². The minimum Gasteiger partial charge on any atom is -0.432 e. The van der Waals surface area contributed by atoms with E-state index in [1.807, 2.05) is 13.0 Å². The predicted octanol–water partition coefficient (Wildman–Crippen LogP) is 2.92. The maximum absolute atomic E-state index is 11.8. The number of hydrogen-bond acceptors (Lipinski definition) is 3. The van der Waals surface area contributed by atoms with Crippen molar-refractivity contribution in [2.45, 2.75) is 31.7 Å². The molecule has 1 unspecified atom stereocenters. The molecule has 1 aromatic rings. The van der Waals surface area contributed by atoms with Gasteiger partial charge in [0.1, 0.15) is 0 Å². The van der Waals surface area contributed by atoms with Crippen LogP contribution in [0.2, 0.25) is 0 Å². The van der Waals surface area contributed by atoms with Crippen LogP contribution in [-0.2, 0) is 9.47 Å². The van der Waals surface area contributed by atoms with Crippen LogP contribution in [0, 0.1) is 0 Å². The van der Waals surface area contributed by atoms with Crippen LogP contribution in [0.1, 0.15) is 30.1 Å². The summed E-state index contributed by atoms with van der Waals surface area (Å²) >= 11 is 0. The molecular formula is C14H16O3. The summed E-state index contributed by atoms with van der Waals surface area (Å²) in [6.07, 6.45) is 2.82. The molecule has 1 aliphatic heterocycles. The lowest BCUT2D eigenvalue weighted by molar-refractivity contribution is -0.120. The van der Waals surface area contributed by atoms with Crippen LogP contribution in [-0.4, -0.2) is 17.9 Å². The Morgan fingerprint density at radius 1 is 1.53 bits per heavy atom. The molecule has 1 aliphatic rings. The highest BCUT2D eigenvalue weighted by Crippen LogP contribution is 2.31. The van der Waals surface area contributed by atoms with Gasteiger partial charge in [-0.3, -0.25) is 0 Å². The Morgan fingerprint density at radius 2 is 2.24 bits per heavy atom. The summed E-state index contributed by atoms with van der Waals surface area (Å²) < 4.78 is 10.9. The Hall–Kier alpha value is -1.61. The summed E-state index contributed by atoms with van der Waals surface area (Å²) in [5.74, 6) is -0.344. The molecule has 3 nitrogen and oxygen atoms in total. The van der Waals surface area contributed by atoms with Crippen molar-refractivity contribution >= 4 is 5.97 Å². The van der Waals surface area contributed by atoms with Crippen molar-refractivity contribution < 1.29 is 14.3 Å². The van der Waals surface area contributed by atoms with E-state index in [0.717, 1.165) is 6.42 Å². The van der Waals surface area contributed by atoms with Gasteiger partial charge in [0.2, 0.25) is 6.29 Å². The van der Waals surface area contributed by atoms with Crippen LogP contribution in [0.3, 0.4) is 0 Å². The van der Waals surface area contributed by atoms with E-state index in [2.05, 4.69) is 6.58 Å². The van der Waals surface area contributed by atoms with Crippen molar-refractivity contribution in [2.75, 3.05) is 0 Å². The molecule has 17 heavy (non-hydrogen) atoms. The molecular weight excluding hydrogens is 216 g/mol. The lowest BCUT2D eigenvalue weighted by atomic mass is 10.0. The van der Waals surface area contributed by atoms with Gasteiger partial charge in [-0.05, 0) is 25.5 Å². The standard InChI is InChI=1S/C14H16O3/c1-3-14(2)10-9-12(17-14)16-13(15)11-7-5-4-6-8-11/h3-8,12H,1,9-10H2,2H3/t12?,14-/m0/s1. The third-order valence-corrected chi connectivity index (χ3v) is 2.96. The predicted molar refractivity (Wildman–Crippen MR) is 64.6 cm³/mol. The van der Waals surface area contributed by atoms with Crippen molar-refractivity contribution in [3.8, 4) is 0 Å². The largest absolute Gasteiger partial charge is 0.432 e. The second-order valence-corrected chi connectivity index (χ2v) is 4.37. The maximum atomic E-state index is 11.8. The summed E-state index contributed by atoms with van der Waals surface area (Å²) in [6, 6.07) is 8.92. The van der Waals surface area contributed by atoms with Crippen molar-refractivity contribution in [1.82, 2.24) is 0 Å². The first-order valence-electron chi connectivity index (χ1n) is 5.70. The Balaban J connectivity index is 1.95. The SMILES string of the molecule is C=C[C@@]1(C)CCC(OC(=O)c2ccccc2)O1. The molecule has 1 saturated heterocycles. The van der Waals surface area contributed by atoms with Crippen LogP contribution in [0.25, 0.3) is 0 Å². The molecule has 0 spiro atoms. The number of benzene rings is 1. The minimum absolute atomic E-state index is 0.344. The second-order valence-electron chi connectivity index (χ2n) is 4.37. The zero-order valence-corrected chi connectivity index (χ0v) is 9.89. The molecule has 2 rings (SSSR count). The summed E-state index contributed by atoms with van der Waals surface area (Å²) in [4.78, 5) is 11.8. The van der Waals surface area contributed by atoms with Crippen molar-refractivity contribution in [3.05, 3.63) is 48.6 Å². The zero-order chi connectivity index (χ0) is 12.3. The van der Waals surface area contributed by atoms with Crippen LogP contribution >= 0.6 is 0 Å². The second kappa shape index (κ2) is 4.72. The van der Waals surface area contributed by atoms with Gasteiger partial charge in [0.05, 0.1) is 11.2 Å². The van der Waals surface area contributed by atoms with Crippen molar-refractivity contribution in [3.63, 3.8) is 0 Å². The Morgan fingerprint density at radius 3 is 2.82 bits per heavy atom. The summed E-state index contributed by atoms with van der Waals surface area (Å²) in [5.41, 5.74) is 0.171. The van der Waals surface area contributed by atoms with Crippen LogP contribution < -0.4 is 0 Å². The normalized spacial score (nSPS) is 27.7. The third kappa shape index (κ3) is 2.74. The molecule has 0 bridgehead atoms. The molecule has 0 saturated carbocycles. The number of hydrogen-bond donors (Lipinski definition) is 0. The average molecular weight is 232 g/mol. The lowest BCUT2D eigenvalue weighted by Gasteiger charge is -2.20. The molecule has 0 amide bonds. The fraction of sp³-hybridized carbons (Fsp3) is 0.357. The number of rotatable bonds is 3. The average Bonchev–Trinajstić information content (AvgIpc) is 2.73. The third-order valence-electron chi connectivity index (χ3n) is 2.96. The summed E-state index contributed by atoms with van der Waals surface area (Å²) in [7, 11) is 0. The fourth-order valence-corrected chi connectivity index (χ4v) is 1.82. The molecule has 3 heteroatoms. The first-order chi connectivity index (χ1) is 8.13. The number of carbonyl (C=O) groups is 1. The van der Waals surface area contributed by atoms with Gasteiger partial charge >= 0.3 is 5.97 Å². The van der Waals surface area contributed by atoms with Crippen LogP contribution in [0.4, 0.5) is 0 Å². The van der Waals surface area contributed by atoms with Crippen molar-refractivity contribution in [1.29, 1.82) is 0 Å². The molecule has 2 atom stereocenters. The Bertz CT molecular complexity index is 413. The van der Waals surface area contributed by atoms with E-state index in [9.17, 15) is 4.79 Å². The zero-order valence-electron chi connectivity index (χ0n) is 9.89. The van der Waals surface area contributed by atoms with Crippen LogP contribution in [0.15, 0.2) is 43.0 Å². The smallest absolute Gasteiger partial charge is 0.340 e. The van der Waals surface area contributed by atoms with Gasteiger partial charge in [0, 0.05) is 6.42 Å². The van der Waals surface area contributed by atoms with Gasteiger partial charge in [0.15, 0.2) is 0 Å². The summed E-state index contributed by atoms with van der Waals surface area (Å²) in [6.45, 7) is 5.66. The monoisotopic (exact) mass is 232 g/mol. The molecule has 1 aromatic carbocycles. The molecule has 1 fully saturated rings. The van der Waals surface area contributed by atoms with Gasteiger partial charge in [0.25, 0.3) is 0 Å². The first-order valence-corrected chi connectivity index (χ1v) is 5.70. The van der Waals surface area contributed by atoms with E-state index in [1.165, 1.54) is 0 Å². The van der Waals surface area contributed by atoms with Gasteiger partial charge in [-0.1, -0.05) is 24.3 Å². The number of ether oxygens (including phenoxy) is 2. The van der Waals surface area contributed by atoms with Crippen molar-refractivity contribution in [2.24, 2.45) is 0 Å². The highest BCUT2D eigenvalue weighted by molar-refractivity contribution is 5.89. The Kier molecular flexibility index (Phi) is 3.29. The highest BCUT2D eigenvalue weighted by Gasteiger charge is 2.35. The molecule has 1 heterocycles. The Labute approximate surface area is 101 Å². The van der Waals surface area contributed by atoms with E-state index >= 15 is 0 Å². The number of esters is 1. The lowest BCUT2D eigenvalue weighted by Crippen LogP contribution is -2.24. The van der Waals surface area contributed by atoms with E-state index in [1.54, 1.807) is 30.3 Å². The fourth-order valence-electron chi connectivity index (χ4n) is 1.82.